The molecule has 1 saturated carbocycles. The van der Waals surface area contributed by atoms with Gasteiger partial charge in [-0.1, -0.05) is 6.07 Å². The van der Waals surface area contributed by atoms with E-state index in [0.29, 0.717) is 23.4 Å². The summed E-state index contributed by atoms with van der Waals surface area (Å²) in [5, 5.41) is 21.4. The predicted molar refractivity (Wildman–Crippen MR) is 131 cm³/mol. The number of hydrogen-bond donors (Lipinski definition) is 2. The summed E-state index contributed by atoms with van der Waals surface area (Å²) in [5.74, 6) is -1.00. The van der Waals surface area contributed by atoms with Crippen molar-refractivity contribution in [1.82, 2.24) is 14.8 Å². The second kappa shape index (κ2) is 10.9. The van der Waals surface area contributed by atoms with Gasteiger partial charge in [-0.25, -0.2) is 9.37 Å². The van der Waals surface area contributed by atoms with Crippen LogP contribution in [0, 0.1) is 23.2 Å². The van der Waals surface area contributed by atoms with Crippen molar-refractivity contribution in [3.63, 3.8) is 0 Å². The second-order valence-electron chi connectivity index (χ2n) is 9.38. The van der Waals surface area contributed by atoms with Crippen LogP contribution < -0.4 is 10.1 Å². The zero-order valence-electron chi connectivity index (χ0n) is 20.6. The number of nitrogens with zero attached hydrogens (tertiary/aromatic N) is 4. The van der Waals surface area contributed by atoms with E-state index < -0.39 is 24.8 Å². The third kappa shape index (κ3) is 5.86. The average molecular weight is 510 g/mol. The van der Waals surface area contributed by atoms with Crippen molar-refractivity contribution in [3.8, 4) is 22.9 Å². The molecular weight excluding hydrogens is 481 g/mol. The van der Waals surface area contributed by atoms with Crippen molar-refractivity contribution < 1.29 is 28.6 Å². The van der Waals surface area contributed by atoms with Crippen molar-refractivity contribution in [1.29, 1.82) is 5.26 Å². The first kappa shape index (κ1) is 26.0. The maximum atomic E-state index is 14.6. The van der Waals surface area contributed by atoms with Crippen LogP contribution in [0.2, 0.25) is 0 Å². The molecule has 2 fully saturated rings. The predicted octanol–water partition coefficient (Wildman–Crippen LogP) is 1.59. The Balaban J connectivity index is 1.43. The molecule has 0 radical (unpaired) electrons. The summed E-state index contributed by atoms with van der Waals surface area (Å²) in [6.07, 6.45) is -0.0117. The summed E-state index contributed by atoms with van der Waals surface area (Å²) < 4.78 is 20.4. The molecule has 2 N–H and O–H groups in total. The molecular formula is C26H28FN5O5. The van der Waals surface area contributed by atoms with E-state index in [4.69, 9.17) is 9.84 Å². The second-order valence-corrected chi connectivity index (χ2v) is 9.38. The van der Waals surface area contributed by atoms with Crippen LogP contribution in [0.15, 0.2) is 36.5 Å². The molecule has 4 atom stereocenters. The Morgan fingerprint density at radius 3 is 2.68 bits per heavy atom. The molecule has 3 amide bonds. The Labute approximate surface area is 213 Å². The number of nitriles is 1. The van der Waals surface area contributed by atoms with Crippen LogP contribution in [-0.2, 0) is 14.4 Å². The number of aliphatic hydroxyl groups is 1. The third-order valence-corrected chi connectivity index (χ3v) is 6.58. The molecule has 37 heavy (non-hydrogen) atoms. The van der Waals surface area contributed by atoms with E-state index >= 15 is 0 Å². The number of aliphatic hydroxyl groups excluding tert-OH is 1. The number of hydrogen-bond acceptors (Lipinski definition) is 7. The molecule has 1 aliphatic heterocycles. The number of alkyl halides is 1. The van der Waals surface area contributed by atoms with Crippen LogP contribution in [0.4, 0.5) is 10.2 Å². The monoisotopic (exact) mass is 509 g/mol. The van der Waals surface area contributed by atoms with Crippen LogP contribution in [0.3, 0.4) is 0 Å². The van der Waals surface area contributed by atoms with E-state index in [1.807, 2.05) is 0 Å². The maximum absolute atomic E-state index is 14.6. The number of halogens is 1. The number of likely N-dealkylation sites (tertiary alicyclic amines) is 1. The first-order chi connectivity index (χ1) is 17.7. The maximum Gasteiger partial charge on any atom is 0.248 e. The average Bonchev–Trinajstić information content (AvgIpc) is 3.70. The number of rotatable bonds is 7. The Kier molecular flexibility index (Phi) is 7.69. The topological polar surface area (TPSA) is 136 Å². The summed E-state index contributed by atoms with van der Waals surface area (Å²) in [6, 6.07) is 10.4. The molecule has 4 rings (SSSR count). The first-order valence-electron chi connectivity index (χ1n) is 11.9. The summed E-state index contributed by atoms with van der Waals surface area (Å²) in [4.78, 5) is 43.1. The number of nitrogens with one attached hydrogen (secondary N) is 1. The minimum atomic E-state index is -1.46. The molecule has 11 heteroatoms. The van der Waals surface area contributed by atoms with Gasteiger partial charge in [0.2, 0.25) is 17.7 Å². The Bertz CT molecular complexity index is 1250. The van der Waals surface area contributed by atoms with Crippen molar-refractivity contribution >= 4 is 23.5 Å². The number of piperidine rings is 1. The number of carbonyl (C=O) groups excluding carboxylic acids is 3. The lowest BCUT2D eigenvalue weighted by Crippen LogP contribution is -2.50. The molecule has 1 aromatic heterocycles. The number of benzene rings is 1. The summed E-state index contributed by atoms with van der Waals surface area (Å²) >= 11 is 0. The zero-order valence-corrected chi connectivity index (χ0v) is 20.6. The van der Waals surface area contributed by atoms with Crippen molar-refractivity contribution in [2.75, 3.05) is 39.1 Å². The van der Waals surface area contributed by atoms with Gasteiger partial charge < -0.3 is 25.0 Å². The van der Waals surface area contributed by atoms with Crippen LogP contribution in [0.25, 0.3) is 11.1 Å². The number of carbonyl (C=O) groups is 3. The van der Waals surface area contributed by atoms with Crippen LogP contribution in [0.5, 0.6) is 5.75 Å². The molecule has 2 heterocycles. The molecule has 10 nitrogen and oxygen atoms in total. The van der Waals surface area contributed by atoms with E-state index in [2.05, 4.69) is 16.4 Å². The molecule has 0 spiro atoms. The highest BCUT2D eigenvalue weighted by Gasteiger charge is 2.48. The van der Waals surface area contributed by atoms with Crippen molar-refractivity contribution in [2.24, 2.45) is 11.8 Å². The van der Waals surface area contributed by atoms with Crippen molar-refractivity contribution in [2.45, 2.75) is 25.1 Å². The van der Waals surface area contributed by atoms with Gasteiger partial charge in [0.25, 0.3) is 0 Å². The molecule has 1 aromatic carbocycles. The van der Waals surface area contributed by atoms with Gasteiger partial charge in [-0.3, -0.25) is 14.4 Å². The van der Waals surface area contributed by atoms with Gasteiger partial charge in [-0.2, -0.15) is 5.26 Å². The highest BCUT2D eigenvalue weighted by atomic mass is 19.1. The number of pyridine rings is 1. The highest BCUT2D eigenvalue weighted by molar-refractivity contribution is 5.99. The number of aromatic nitrogens is 1. The van der Waals surface area contributed by atoms with Crippen molar-refractivity contribution in [3.05, 3.63) is 42.1 Å². The molecule has 1 aliphatic carbocycles. The summed E-state index contributed by atoms with van der Waals surface area (Å²) in [6.45, 7) is -0.600. The fourth-order valence-electron chi connectivity index (χ4n) is 4.39. The Hall–Kier alpha value is -4.04. The van der Waals surface area contributed by atoms with Gasteiger partial charge in [0.1, 0.15) is 30.3 Å². The lowest BCUT2D eigenvalue weighted by atomic mass is 10.0. The van der Waals surface area contributed by atoms with Crippen LogP contribution >= 0.6 is 0 Å². The summed E-state index contributed by atoms with van der Waals surface area (Å²) in [5.41, 5.74) is 1.59. The Morgan fingerprint density at radius 2 is 2.00 bits per heavy atom. The third-order valence-electron chi connectivity index (χ3n) is 6.58. The molecule has 194 valence electrons. The SMILES string of the molecule is CN(C)C(=O)C1CC1C(=O)Nc1cc(-c2ccc(O[C@H]3CCN(C(=O)CO)C[C@H]3F)c(C#N)c2)ccn1. The largest absolute Gasteiger partial charge is 0.486 e. The van der Waals surface area contributed by atoms with E-state index in [1.54, 1.807) is 44.4 Å². The molecule has 1 saturated heterocycles. The normalized spacial score (nSPS) is 22.5. The lowest BCUT2D eigenvalue weighted by molar-refractivity contribution is -0.138. The number of anilines is 1. The van der Waals surface area contributed by atoms with E-state index in [-0.39, 0.29) is 54.5 Å². The fourth-order valence-corrected chi connectivity index (χ4v) is 4.39. The standard InChI is InChI=1S/C26H28FN5O5/c1-31(2)26(36)19-11-18(19)25(35)30-23-10-16(5-7-29-23)15-3-4-21(17(9-15)12-28)37-22-6-8-32(13-20(22)27)24(34)14-33/h3-5,7,9-10,18-20,22,33H,6,8,11,13-14H2,1-2H3,(H,29,30,35)/t18?,19?,20-,22+/m1/s1. The molecule has 2 aromatic rings. The molecule has 2 unspecified atom stereocenters. The Morgan fingerprint density at radius 1 is 1.24 bits per heavy atom. The van der Waals surface area contributed by atoms with Gasteiger partial charge in [0.15, 0.2) is 6.17 Å². The van der Waals surface area contributed by atoms with Gasteiger partial charge in [0, 0.05) is 33.3 Å². The number of amides is 3. The first-order valence-corrected chi connectivity index (χ1v) is 11.9. The molecule has 0 bridgehead atoms. The summed E-state index contributed by atoms with van der Waals surface area (Å²) in [7, 11) is 3.32. The highest BCUT2D eigenvalue weighted by Crippen LogP contribution is 2.40. The smallest absolute Gasteiger partial charge is 0.248 e. The quantitative estimate of drug-likeness (QED) is 0.579. The minimum Gasteiger partial charge on any atom is -0.486 e. The van der Waals surface area contributed by atoms with Gasteiger partial charge >= 0.3 is 0 Å². The van der Waals surface area contributed by atoms with Gasteiger partial charge in [-0.15, -0.1) is 0 Å². The van der Waals surface area contributed by atoms with Crippen LogP contribution in [-0.4, -0.2) is 83.7 Å². The van der Waals surface area contributed by atoms with E-state index in [1.165, 1.54) is 16.0 Å². The molecule has 2 aliphatic rings. The van der Waals surface area contributed by atoms with Crippen LogP contribution in [0.1, 0.15) is 18.4 Å². The zero-order chi connectivity index (χ0) is 26.7. The van der Waals surface area contributed by atoms with Gasteiger partial charge in [-0.05, 0) is 41.8 Å². The van der Waals surface area contributed by atoms with E-state index in [0.717, 1.165) is 0 Å². The lowest BCUT2D eigenvalue weighted by Gasteiger charge is -2.34. The van der Waals surface area contributed by atoms with Gasteiger partial charge in [0.05, 0.1) is 23.9 Å². The van der Waals surface area contributed by atoms with E-state index in [9.17, 15) is 24.0 Å². The number of ether oxygens (including phenoxy) is 1. The minimum absolute atomic E-state index is 0.0727. The fraction of sp³-hybridized carbons (Fsp3) is 0.423.